The quantitative estimate of drug-likeness (QED) is 0.124. The molecule has 0 saturated carbocycles. The molecule has 0 atom stereocenters. The molecule has 0 aliphatic rings. The van der Waals surface area contributed by atoms with Gasteiger partial charge in [0.15, 0.2) is 0 Å². The van der Waals surface area contributed by atoms with Gasteiger partial charge in [0.1, 0.15) is 0 Å². The fraction of sp³-hybridized carbons (Fsp3) is 0. The van der Waals surface area contributed by atoms with Crippen LogP contribution in [0.1, 0.15) is 0 Å². The first-order valence-electron chi connectivity index (χ1n) is 50.2. The molecule has 0 aliphatic heterocycles. The monoisotopic (exact) mass is 1920 g/mol. The molecule has 32 aromatic rings. The lowest BCUT2D eigenvalue weighted by Crippen LogP contribution is -1.95. The van der Waals surface area contributed by atoms with Gasteiger partial charge in [-0.25, -0.2) is 0 Å². The molecular formula is C138H86N6S3. The summed E-state index contributed by atoms with van der Waals surface area (Å²) in [7, 11) is 0. The standard InChI is InChI=1S/2C48H30N2S.C42H26N2S/c1-3-12-31(13-4-1)33-24-28-43-41(30-33)38-27-29-44-46(40-17-7-9-20-42(40)49(44)34-14-5-2-6-15-34)47(38)50(43)35-25-22-32(23-26-35)36-18-11-19-39-37-16-8-10-21-45(37)51-48(36)39;1-3-12-31(13-4-1)33-24-27-37-39-28-29-43-46(41-17-7-9-20-42(41)49(43)34-14-5-2-6-15-34)47(39)50(44(37)30-33)35-25-22-32(23-26-35)36-18-11-19-40-38-16-8-10-21-45(38)51-48(36)40;1-2-11-28(12-3-1)43-37-19-8-5-15-35(37)40-38(43)26-25-33-31-13-4-7-18-36(31)44(41(33)40)29-23-21-27(22-24-29)30-16-10-17-34-32-14-6-9-20-39(32)45-42(30)34/h2*1-30H;1-26H. The molecule has 0 saturated heterocycles. The summed E-state index contributed by atoms with van der Waals surface area (Å²) in [6.45, 7) is 0. The molecule has 0 aliphatic carbocycles. The van der Waals surface area contributed by atoms with E-state index in [0.29, 0.717) is 0 Å². The summed E-state index contributed by atoms with van der Waals surface area (Å²) in [6.07, 6.45) is 0. The van der Waals surface area contributed by atoms with Crippen molar-refractivity contribution in [3.63, 3.8) is 0 Å². The van der Waals surface area contributed by atoms with Crippen molar-refractivity contribution in [1.29, 1.82) is 0 Å². The van der Waals surface area contributed by atoms with Gasteiger partial charge < -0.3 is 27.4 Å². The Balaban J connectivity index is 0.000000102. The number of benzene rings is 23. The maximum atomic E-state index is 2.50. The van der Waals surface area contributed by atoms with Crippen LogP contribution in [0.5, 0.6) is 0 Å². The van der Waals surface area contributed by atoms with Crippen LogP contribution in [0.4, 0.5) is 0 Å². The zero-order chi connectivity index (χ0) is 96.4. The van der Waals surface area contributed by atoms with E-state index >= 15 is 0 Å². The first-order chi connectivity index (χ1) is 73.0. The summed E-state index contributed by atoms with van der Waals surface area (Å²) in [6, 6.07) is 191. The number of hydrogen-bond acceptors (Lipinski definition) is 3. The Morgan fingerprint density at radius 2 is 0.367 bits per heavy atom. The van der Waals surface area contributed by atoms with Crippen molar-refractivity contribution in [2.24, 2.45) is 0 Å². The first-order valence-corrected chi connectivity index (χ1v) is 52.7. The number of para-hydroxylation sites is 7. The molecule has 0 N–H and O–H groups in total. The van der Waals surface area contributed by atoms with Crippen molar-refractivity contribution < 1.29 is 0 Å². The summed E-state index contributed by atoms with van der Waals surface area (Å²) in [5, 5.41) is 23.1. The lowest BCUT2D eigenvalue weighted by molar-refractivity contribution is 1.17. The summed E-state index contributed by atoms with van der Waals surface area (Å²) < 4.78 is 22.7. The van der Waals surface area contributed by atoms with E-state index in [-0.39, 0.29) is 0 Å². The first kappa shape index (κ1) is 84.2. The van der Waals surface area contributed by atoms with E-state index in [2.05, 4.69) is 549 Å². The normalized spacial score (nSPS) is 11.9. The van der Waals surface area contributed by atoms with E-state index in [9.17, 15) is 0 Å². The Morgan fingerprint density at radius 3 is 0.735 bits per heavy atom. The van der Waals surface area contributed by atoms with Gasteiger partial charge in [0.25, 0.3) is 0 Å². The predicted octanol–water partition coefficient (Wildman–Crippen LogP) is 39.1. The lowest BCUT2D eigenvalue weighted by atomic mass is 10.0. The van der Waals surface area contributed by atoms with Crippen LogP contribution < -0.4 is 0 Å². The largest absolute Gasteiger partial charge is 0.309 e. The molecule has 0 radical (unpaired) electrons. The number of hydrogen-bond donors (Lipinski definition) is 0. The Labute approximate surface area is 857 Å². The van der Waals surface area contributed by atoms with Gasteiger partial charge in [0, 0.05) is 159 Å². The molecule has 0 amide bonds. The highest BCUT2D eigenvalue weighted by Gasteiger charge is 2.28. The molecule has 9 aromatic heterocycles. The molecule has 32 rings (SSSR count). The second-order valence-corrected chi connectivity index (χ2v) is 41.5. The zero-order valence-electron chi connectivity index (χ0n) is 79.6. The van der Waals surface area contributed by atoms with Crippen LogP contribution in [0, 0.1) is 0 Å². The summed E-state index contributed by atoms with van der Waals surface area (Å²) in [4.78, 5) is 0. The van der Waals surface area contributed by atoms with Gasteiger partial charge in [0.2, 0.25) is 0 Å². The highest BCUT2D eigenvalue weighted by atomic mass is 32.1. The Kier molecular flexibility index (Phi) is 19.6. The topological polar surface area (TPSA) is 29.6 Å². The van der Waals surface area contributed by atoms with Crippen molar-refractivity contribution in [3.8, 4) is 89.8 Å². The molecule has 0 fully saturated rings. The molecule has 0 spiro atoms. The molecular weight excluding hydrogens is 1840 g/mol. The van der Waals surface area contributed by atoms with E-state index in [1.807, 2.05) is 34.0 Å². The van der Waals surface area contributed by atoms with Crippen molar-refractivity contribution in [1.82, 2.24) is 27.4 Å². The smallest absolute Gasteiger partial charge is 0.0641 e. The van der Waals surface area contributed by atoms with Crippen LogP contribution in [0.25, 0.3) is 281 Å². The van der Waals surface area contributed by atoms with Crippen LogP contribution in [0.15, 0.2) is 522 Å². The number of thiophene rings is 3. The number of nitrogens with zero attached hydrogens (tertiary/aromatic N) is 6. The van der Waals surface area contributed by atoms with Gasteiger partial charge >= 0.3 is 0 Å². The summed E-state index contributed by atoms with van der Waals surface area (Å²) >= 11 is 5.65. The van der Waals surface area contributed by atoms with Gasteiger partial charge in [-0.1, -0.05) is 370 Å². The third-order valence-electron chi connectivity index (χ3n) is 30.4. The number of fused-ring (bicyclic) bond motifs is 30. The zero-order valence-corrected chi connectivity index (χ0v) is 82.0. The van der Waals surface area contributed by atoms with Gasteiger partial charge in [-0.05, 0) is 207 Å². The average Bonchev–Trinajstić information content (AvgIpc) is 1.54. The van der Waals surface area contributed by atoms with Gasteiger partial charge in [0.05, 0.1) is 66.2 Å². The van der Waals surface area contributed by atoms with Crippen LogP contribution in [0.2, 0.25) is 0 Å². The Hall–Kier alpha value is -18.5. The van der Waals surface area contributed by atoms with Crippen molar-refractivity contribution >= 4 is 225 Å². The van der Waals surface area contributed by atoms with Crippen LogP contribution in [-0.4, -0.2) is 27.4 Å². The third kappa shape index (κ3) is 13.4. The third-order valence-corrected chi connectivity index (χ3v) is 34.0. The van der Waals surface area contributed by atoms with Crippen molar-refractivity contribution in [3.05, 3.63) is 522 Å². The van der Waals surface area contributed by atoms with Gasteiger partial charge in [-0.15, -0.1) is 34.0 Å². The van der Waals surface area contributed by atoms with Crippen molar-refractivity contribution in [2.75, 3.05) is 0 Å². The highest BCUT2D eigenvalue weighted by molar-refractivity contribution is 7.27. The second-order valence-electron chi connectivity index (χ2n) is 38.3. The molecule has 9 heteroatoms. The molecule has 23 aromatic carbocycles. The van der Waals surface area contributed by atoms with E-state index in [1.165, 1.54) is 253 Å². The minimum absolute atomic E-state index is 1.15. The van der Waals surface area contributed by atoms with Gasteiger partial charge in [-0.3, -0.25) is 0 Å². The summed E-state index contributed by atoms with van der Waals surface area (Å²) in [5.41, 5.74) is 34.0. The van der Waals surface area contributed by atoms with Crippen LogP contribution in [0.3, 0.4) is 0 Å². The lowest BCUT2D eigenvalue weighted by Gasteiger charge is -2.12. The van der Waals surface area contributed by atoms with E-state index in [4.69, 9.17) is 0 Å². The molecule has 0 bridgehead atoms. The maximum absolute atomic E-state index is 2.50. The minimum atomic E-state index is 1.15. The fourth-order valence-corrected chi connectivity index (χ4v) is 27.6. The average molecular weight is 1920 g/mol. The van der Waals surface area contributed by atoms with Crippen molar-refractivity contribution in [2.45, 2.75) is 0 Å². The van der Waals surface area contributed by atoms with E-state index < -0.39 is 0 Å². The second kappa shape index (κ2) is 34.1. The van der Waals surface area contributed by atoms with E-state index in [0.717, 1.165) is 28.4 Å². The summed E-state index contributed by atoms with van der Waals surface area (Å²) in [5.74, 6) is 0. The maximum Gasteiger partial charge on any atom is 0.0641 e. The number of aromatic nitrogens is 6. The van der Waals surface area contributed by atoms with Crippen LogP contribution >= 0.6 is 34.0 Å². The highest BCUT2D eigenvalue weighted by Crippen LogP contribution is 2.51. The Bertz CT molecular complexity index is 10800. The SMILES string of the molecule is c1ccc(-c2ccc3c(c2)c2ccc4c(c5ccccc5n4-c4ccccc4)c2n3-c2ccc(-c3cccc4c3sc3ccccc34)cc2)cc1.c1ccc(-c2ccc3c4ccc5c(c6ccccc6n5-c5ccccc5)c4n(-c4ccc(-c5cccc6c5sc5ccccc56)cc4)c3c2)cc1.c1ccc(-n2c3ccccc3c3c2ccc2c4ccccc4n(-c4ccc(-c5cccc6c5sc5ccccc56)cc4)c23)cc1. The van der Waals surface area contributed by atoms with E-state index in [1.54, 1.807) is 0 Å². The predicted molar refractivity (Wildman–Crippen MR) is 631 cm³/mol. The molecule has 686 valence electrons. The molecule has 147 heavy (non-hydrogen) atoms. The molecule has 6 nitrogen and oxygen atoms in total. The fourth-order valence-electron chi connectivity index (χ4n) is 23.9. The minimum Gasteiger partial charge on any atom is -0.309 e. The van der Waals surface area contributed by atoms with Gasteiger partial charge in [-0.2, -0.15) is 0 Å². The number of rotatable bonds is 11. The Morgan fingerprint density at radius 1 is 0.122 bits per heavy atom. The molecule has 0 unspecified atom stereocenters. The molecule has 9 heterocycles. The van der Waals surface area contributed by atoms with Crippen LogP contribution in [-0.2, 0) is 0 Å².